The Morgan fingerprint density at radius 3 is 1.11 bits per heavy atom. The summed E-state index contributed by atoms with van der Waals surface area (Å²) in [6.45, 7) is 0. The fraction of sp³-hybridized carbons (Fsp3) is 0. The zero-order valence-corrected chi connectivity index (χ0v) is 11.7. The third-order valence-electron chi connectivity index (χ3n) is 0. The number of hydrogen-bond donors (Lipinski definition) is 2. The maximum Gasteiger partial charge on any atom is 1.00 e. The smallest absolute Gasteiger partial charge is 0.780 e. The standard InChI is InChI=1S/2H3N.2Na.H2O3S2/c;;;;1-5(2,3)4/h2*1H3;;;(H2,1,2,3,4)/q;;2*+1;. The molecule has 0 aromatic rings. The average Bonchev–Trinajstić information content (AvgIpc) is 0.722. The molecule has 0 atom stereocenters. The van der Waals surface area contributed by atoms with Crippen LogP contribution in [0, 0.1) is 0 Å². The third kappa shape index (κ3) is 141. The van der Waals surface area contributed by atoms with Crippen molar-refractivity contribution < 1.29 is 72.4 Å². The Labute approximate surface area is 103 Å². The molecule has 0 radical (unpaired) electrons. The summed E-state index contributed by atoms with van der Waals surface area (Å²) in [5.74, 6) is 0. The van der Waals surface area contributed by atoms with Crippen molar-refractivity contribution in [2.45, 2.75) is 0 Å². The largest absolute Gasteiger partial charge is 1.00 e. The molecule has 0 aromatic heterocycles. The number of hydrogen-bond acceptors (Lipinski definition) is 4. The Bertz CT molecular complexity index is 101. The molecule has 0 heterocycles. The van der Waals surface area contributed by atoms with Gasteiger partial charge in [0, 0.05) is 0 Å². The second-order valence-corrected chi connectivity index (χ2v) is 2.45. The molecule has 0 bridgehead atoms. The van der Waals surface area contributed by atoms with Gasteiger partial charge >= 0.3 is 59.1 Å². The molecule has 0 aliphatic heterocycles. The summed E-state index contributed by atoms with van der Waals surface area (Å²) in [6.07, 6.45) is 0. The summed E-state index contributed by atoms with van der Waals surface area (Å²) >= 11 is 3.24. The van der Waals surface area contributed by atoms with E-state index >= 15 is 0 Å². The number of quaternary nitrogens is 2. The summed E-state index contributed by atoms with van der Waals surface area (Å²) in [5, 5.41) is 0. The number of rotatable bonds is 0. The molecule has 5 nitrogen and oxygen atoms in total. The van der Waals surface area contributed by atoms with Gasteiger partial charge in [-0.3, -0.25) is 4.21 Å². The van der Waals surface area contributed by atoms with Crippen LogP contribution in [0.3, 0.4) is 0 Å². The molecule has 48 valence electrons. The van der Waals surface area contributed by atoms with Crippen molar-refractivity contribution in [2.24, 2.45) is 0 Å². The van der Waals surface area contributed by atoms with E-state index in [1.165, 1.54) is 0 Å². The Hall–Kier alpha value is 2.21. The second-order valence-electron chi connectivity index (χ2n) is 0.408. The van der Waals surface area contributed by atoms with E-state index in [2.05, 4.69) is 11.2 Å². The van der Waals surface area contributed by atoms with E-state index in [0.717, 1.165) is 0 Å². The molecule has 0 saturated heterocycles. The van der Waals surface area contributed by atoms with Gasteiger partial charge in [-0.1, -0.05) is 0 Å². The zero-order chi connectivity index (χ0) is 4.50. The van der Waals surface area contributed by atoms with Crippen molar-refractivity contribution in [3.05, 3.63) is 0 Å². The van der Waals surface area contributed by atoms with Gasteiger partial charge in [-0.05, 0) is 11.2 Å². The normalized spacial score (nSPS) is 6.44. The van der Waals surface area contributed by atoms with E-state index in [-0.39, 0.29) is 71.4 Å². The topological polar surface area (TPSA) is 136 Å². The van der Waals surface area contributed by atoms with Gasteiger partial charge in [0.05, 0.1) is 0 Å². The van der Waals surface area contributed by atoms with E-state index in [1.54, 1.807) is 0 Å². The van der Waals surface area contributed by atoms with Crippen LogP contribution in [0.1, 0.15) is 0 Å². The van der Waals surface area contributed by atoms with Gasteiger partial charge in [0.2, 0.25) is 0 Å². The van der Waals surface area contributed by atoms with E-state index < -0.39 is 9.05 Å². The first kappa shape index (κ1) is 30.3. The van der Waals surface area contributed by atoms with E-state index in [1.807, 2.05) is 0 Å². The van der Waals surface area contributed by atoms with Crippen molar-refractivity contribution >= 4 is 20.2 Å². The van der Waals surface area contributed by atoms with Crippen molar-refractivity contribution in [2.75, 3.05) is 0 Å². The van der Waals surface area contributed by atoms with Gasteiger partial charge in [0.15, 0.2) is 0 Å². The molecule has 0 fully saturated rings. The maximum atomic E-state index is 8.89. The average molecular weight is 194 g/mol. The van der Waals surface area contributed by atoms with Gasteiger partial charge in [-0.2, -0.15) is 0 Å². The summed E-state index contributed by atoms with van der Waals surface area (Å²) in [4.78, 5) is 0. The van der Waals surface area contributed by atoms with Crippen LogP contribution in [0.4, 0.5) is 0 Å². The monoisotopic (exact) mass is 194 g/mol. The molecule has 0 amide bonds. The summed E-state index contributed by atoms with van der Waals surface area (Å²) in [7, 11) is -4.33. The van der Waals surface area contributed by atoms with Crippen LogP contribution < -0.4 is 71.4 Å². The van der Waals surface area contributed by atoms with Gasteiger partial charge in [-0.25, -0.2) is 0 Å². The van der Waals surface area contributed by atoms with Crippen molar-refractivity contribution in [3.8, 4) is 0 Å². The molecule has 0 aliphatic carbocycles. The fourth-order valence-electron chi connectivity index (χ4n) is 0. The first-order valence-electron chi connectivity index (χ1n) is 0.667. The minimum atomic E-state index is -4.33. The minimum Gasteiger partial charge on any atom is -0.780 e. The molecule has 8 N–H and O–H groups in total. The van der Waals surface area contributed by atoms with Crippen LogP contribution >= 0.6 is 0 Å². The third-order valence-corrected chi connectivity index (χ3v) is 0. The molecule has 0 unspecified atom stereocenters. The Kier molecular flexibility index (Phi) is 43.3. The molecule has 0 spiro atoms. The van der Waals surface area contributed by atoms with Gasteiger partial charge in [0.1, 0.15) is 0 Å². The molecular formula is H8N2Na2O3S2+2. The summed E-state index contributed by atoms with van der Waals surface area (Å²) < 4.78 is 26.7. The first-order chi connectivity index (χ1) is 2.00. The molecular weight excluding hydrogens is 186 g/mol. The van der Waals surface area contributed by atoms with Crippen molar-refractivity contribution in [1.82, 2.24) is 12.3 Å². The van der Waals surface area contributed by atoms with Gasteiger partial charge in [0.25, 0.3) is 0 Å². The minimum absolute atomic E-state index is 0. The molecule has 9 heteroatoms. The molecule has 0 rings (SSSR count). The van der Waals surface area contributed by atoms with Crippen LogP contribution in [0.5, 0.6) is 0 Å². The van der Waals surface area contributed by atoms with Gasteiger partial charge < -0.3 is 21.4 Å². The Morgan fingerprint density at radius 1 is 1.11 bits per heavy atom. The van der Waals surface area contributed by atoms with Crippen LogP contribution in [-0.2, 0) is 20.2 Å². The van der Waals surface area contributed by atoms with Crippen molar-refractivity contribution in [1.29, 1.82) is 0 Å². The molecule has 0 aromatic carbocycles. The van der Waals surface area contributed by atoms with E-state index in [0.29, 0.717) is 0 Å². The zero-order valence-electron chi connectivity index (χ0n) is 6.04. The quantitative estimate of drug-likeness (QED) is 0.370. The maximum absolute atomic E-state index is 8.89. The molecule has 0 saturated carbocycles. The fourth-order valence-corrected chi connectivity index (χ4v) is 0. The van der Waals surface area contributed by atoms with E-state index in [9.17, 15) is 0 Å². The SMILES string of the molecule is O=S([O-])([O-])=S.[NH4+].[NH4+].[Na+].[Na+]. The molecule has 9 heavy (non-hydrogen) atoms. The predicted octanol–water partition coefficient (Wildman–Crippen LogP) is -6.25. The van der Waals surface area contributed by atoms with E-state index in [4.69, 9.17) is 13.3 Å². The van der Waals surface area contributed by atoms with Crippen LogP contribution in [0.2, 0.25) is 0 Å². The first-order valence-corrected chi connectivity index (χ1v) is 3.00. The van der Waals surface area contributed by atoms with Crippen molar-refractivity contribution in [3.63, 3.8) is 0 Å². The van der Waals surface area contributed by atoms with Crippen LogP contribution in [0.15, 0.2) is 0 Å². The predicted molar refractivity (Wildman–Crippen MR) is 29.0 cm³/mol. The Morgan fingerprint density at radius 2 is 1.11 bits per heavy atom. The van der Waals surface area contributed by atoms with Crippen LogP contribution in [-0.4, -0.2) is 13.3 Å². The molecule has 0 aliphatic rings. The Balaban J connectivity index is -0.0000000133. The van der Waals surface area contributed by atoms with Gasteiger partial charge in [-0.15, -0.1) is 9.05 Å². The second kappa shape index (κ2) is 12.8. The summed E-state index contributed by atoms with van der Waals surface area (Å²) in [5.41, 5.74) is 0. The van der Waals surface area contributed by atoms with Crippen LogP contribution in [0.25, 0.3) is 0 Å². The summed E-state index contributed by atoms with van der Waals surface area (Å²) in [6, 6.07) is 0.